The number of primary amides is 1. The number of anilines is 1. The van der Waals surface area contributed by atoms with E-state index in [0.29, 0.717) is 10.2 Å². The van der Waals surface area contributed by atoms with E-state index in [1.54, 1.807) is 0 Å². The molecule has 124 valence electrons. The van der Waals surface area contributed by atoms with Gasteiger partial charge in [0.1, 0.15) is 16.3 Å². The summed E-state index contributed by atoms with van der Waals surface area (Å²) in [5.74, 6) is -0.459. The van der Waals surface area contributed by atoms with Crippen LogP contribution in [-0.4, -0.2) is 26.3 Å². The molecule has 0 spiro atoms. The van der Waals surface area contributed by atoms with Gasteiger partial charge in [0.25, 0.3) is 5.91 Å². The number of amides is 1. The summed E-state index contributed by atoms with van der Waals surface area (Å²) in [6.07, 6.45) is 1.47. The lowest BCUT2D eigenvalue weighted by Gasteiger charge is -2.08. The lowest BCUT2D eigenvalue weighted by Crippen LogP contribution is -2.10. The molecule has 0 saturated carbocycles. The average Bonchev–Trinajstić information content (AvgIpc) is 2.91. The smallest absolute Gasteiger partial charge is 0.260 e. The minimum Gasteiger partial charge on any atom is -0.472 e. The first-order chi connectivity index (χ1) is 11.5. The zero-order valence-corrected chi connectivity index (χ0v) is 14.3. The molecule has 1 aromatic carbocycles. The quantitative estimate of drug-likeness (QED) is 0.666. The van der Waals surface area contributed by atoms with Crippen molar-refractivity contribution in [3.63, 3.8) is 0 Å². The number of hydrogen-bond donors (Lipinski definition) is 2. The molecule has 4 N–H and O–H groups in total. The number of carbonyl (C=O) groups excluding carboxylic acids is 1. The van der Waals surface area contributed by atoms with Gasteiger partial charge in [0.05, 0.1) is 21.9 Å². The zero-order chi connectivity index (χ0) is 17.3. The van der Waals surface area contributed by atoms with Gasteiger partial charge in [-0.3, -0.25) is 9.00 Å². The number of thiophene rings is 1. The van der Waals surface area contributed by atoms with Crippen LogP contribution in [0.3, 0.4) is 0 Å². The van der Waals surface area contributed by atoms with E-state index in [9.17, 15) is 9.00 Å². The molecule has 2 heterocycles. The molecule has 1 amide bonds. The normalized spacial score (nSPS) is 12.2. The number of nitrogen functional groups attached to an aromatic ring is 1. The molecule has 24 heavy (non-hydrogen) atoms. The highest BCUT2D eigenvalue weighted by atomic mass is 32.2. The minimum absolute atomic E-state index is 0.114. The van der Waals surface area contributed by atoms with Crippen molar-refractivity contribution in [2.24, 2.45) is 5.73 Å². The number of carbonyl (C=O) groups is 1. The number of nitrogens with zero attached hydrogens (tertiary/aromatic N) is 2. The molecule has 0 aliphatic carbocycles. The second-order valence-corrected chi connectivity index (χ2v) is 7.20. The Morgan fingerprint density at radius 1 is 1.29 bits per heavy atom. The molecule has 3 rings (SSSR count). The summed E-state index contributed by atoms with van der Waals surface area (Å²) in [4.78, 5) is 20.5. The lowest BCUT2D eigenvalue weighted by atomic mass is 10.2. The fourth-order valence-electron chi connectivity index (χ4n) is 2.11. The van der Waals surface area contributed by atoms with Gasteiger partial charge >= 0.3 is 0 Å². The maximum atomic E-state index is 11.8. The number of hydrogen-bond acceptors (Lipinski definition) is 7. The van der Waals surface area contributed by atoms with Gasteiger partial charge in [-0.15, -0.1) is 11.3 Å². The topological polar surface area (TPSA) is 121 Å². The molecule has 7 nitrogen and oxygen atoms in total. The molecular weight excluding hydrogens is 348 g/mol. The summed E-state index contributed by atoms with van der Waals surface area (Å²) in [6.45, 7) is 0.254. The Bertz CT molecular complexity index is 941. The molecule has 0 saturated heterocycles. The summed E-state index contributed by atoms with van der Waals surface area (Å²) in [7, 11) is -1.40. The maximum absolute atomic E-state index is 11.8. The van der Waals surface area contributed by atoms with Gasteiger partial charge in [-0.1, -0.05) is 30.3 Å². The SMILES string of the molecule is CS(=O)c1nc(OCc2ccccc2)c2c(N)c(C(N)=O)sc2n1. The van der Waals surface area contributed by atoms with E-state index in [4.69, 9.17) is 16.2 Å². The first-order valence-corrected chi connectivity index (χ1v) is 9.24. The number of rotatable bonds is 5. The van der Waals surface area contributed by atoms with E-state index in [0.717, 1.165) is 16.9 Å². The third-order valence-corrected chi connectivity index (χ3v) is 5.04. The van der Waals surface area contributed by atoms with Gasteiger partial charge in [-0.05, 0) is 5.56 Å². The number of ether oxygens (including phenoxy) is 1. The first kappa shape index (κ1) is 16.3. The van der Waals surface area contributed by atoms with Gasteiger partial charge in [0.2, 0.25) is 11.0 Å². The van der Waals surface area contributed by atoms with Gasteiger partial charge in [0, 0.05) is 6.26 Å². The highest BCUT2D eigenvalue weighted by Crippen LogP contribution is 2.38. The van der Waals surface area contributed by atoms with Crippen LogP contribution in [0.2, 0.25) is 0 Å². The Morgan fingerprint density at radius 3 is 2.62 bits per heavy atom. The number of fused-ring (bicyclic) bond motifs is 1. The first-order valence-electron chi connectivity index (χ1n) is 6.87. The second kappa shape index (κ2) is 6.54. The van der Waals surface area contributed by atoms with E-state index in [1.165, 1.54) is 6.26 Å². The van der Waals surface area contributed by atoms with Crippen LogP contribution in [0.25, 0.3) is 10.2 Å². The fourth-order valence-corrected chi connectivity index (χ4v) is 3.54. The molecule has 0 aliphatic heterocycles. The fraction of sp³-hybridized carbons (Fsp3) is 0.133. The van der Waals surface area contributed by atoms with Crippen molar-refractivity contribution < 1.29 is 13.7 Å². The van der Waals surface area contributed by atoms with Crippen LogP contribution in [0.5, 0.6) is 5.88 Å². The largest absolute Gasteiger partial charge is 0.472 e. The monoisotopic (exact) mass is 362 g/mol. The Morgan fingerprint density at radius 2 is 2.00 bits per heavy atom. The number of benzene rings is 1. The molecule has 3 aromatic rings. The van der Waals surface area contributed by atoms with E-state index in [-0.39, 0.29) is 28.2 Å². The molecule has 0 bridgehead atoms. The van der Waals surface area contributed by atoms with Crippen LogP contribution in [0.1, 0.15) is 15.2 Å². The van der Waals surface area contributed by atoms with Crippen LogP contribution in [0.4, 0.5) is 5.69 Å². The van der Waals surface area contributed by atoms with E-state index in [2.05, 4.69) is 9.97 Å². The van der Waals surface area contributed by atoms with Gasteiger partial charge in [-0.2, -0.15) is 4.98 Å². The third kappa shape index (κ3) is 3.08. The van der Waals surface area contributed by atoms with Gasteiger partial charge in [-0.25, -0.2) is 4.98 Å². The van der Waals surface area contributed by atoms with Crippen molar-refractivity contribution in [3.05, 3.63) is 40.8 Å². The van der Waals surface area contributed by atoms with E-state index >= 15 is 0 Å². The number of aromatic nitrogens is 2. The van der Waals surface area contributed by atoms with E-state index in [1.807, 2.05) is 30.3 Å². The Balaban J connectivity index is 2.09. The molecule has 1 unspecified atom stereocenters. The third-order valence-electron chi connectivity index (χ3n) is 3.23. The van der Waals surface area contributed by atoms with Crippen molar-refractivity contribution in [1.82, 2.24) is 9.97 Å². The standard InChI is InChI=1S/C15H14N4O3S2/c1-24(21)15-18-13(22-7-8-5-3-2-4-6-8)9-10(16)11(12(17)20)23-14(9)19-15/h2-6H,7,16H2,1H3,(H2,17,20). The number of nitrogens with two attached hydrogens (primary N) is 2. The molecule has 0 fully saturated rings. The lowest BCUT2D eigenvalue weighted by molar-refractivity contribution is 0.100. The molecule has 0 aliphatic rings. The molecular formula is C15H14N4O3S2. The van der Waals surface area contributed by atoms with Gasteiger partial charge in [0.15, 0.2) is 0 Å². The van der Waals surface area contributed by atoms with Crippen LogP contribution < -0.4 is 16.2 Å². The van der Waals surface area contributed by atoms with Crippen molar-refractivity contribution in [1.29, 1.82) is 0 Å². The second-order valence-electron chi connectivity index (χ2n) is 4.93. The van der Waals surface area contributed by atoms with Crippen molar-refractivity contribution in [3.8, 4) is 5.88 Å². The summed E-state index contributed by atoms with van der Waals surface area (Å²) >= 11 is 1.03. The minimum atomic E-state index is -1.40. The Hall–Kier alpha value is -2.52. The Labute approximate surface area is 144 Å². The molecule has 1 atom stereocenters. The summed E-state index contributed by atoms with van der Waals surface area (Å²) < 4.78 is 17.5. The van der Waals surface area contributed by atoms with Crippen molar-refractivity contribution >= 4 is 43.9 Å². The maximum Gasteiger partial charge on any atom is 0.260 e. The summed E-state index contributed by atoms with van der Waals surface area (Å²) in [5, 5.41) is 0.529. The molecule has 2 aromatic heterocycles. The summed E-state index contributed by atoms with van der Waals surface area (Å²) in [6, 6.07) is 9.50. The highest BCUT2D eigenvalue weighted by molar-refractivity contribution is 7.84. The van der Waals surface area contributed by atoms with Crippen LogP contribution in [-0.2, 0) is 17.4 Å². The highest BCUT2D eigenvalue weighted by Gasteiger charge is 2.21. The Kier molecular flexibility index (Phi) is 4.45. The van der Waals surface area contributed by atoms with Crippen molar-refractivity contribution in [2.45, 2.75) is 11.8 Å². The van der Waals surface area contributed by atoms with Crippen LogP contribution in [0, 0.1) is 0 Å². The predicted octanol–water partition coefficient (Wildman–Crippen LogP) is 1.69. The van der Waals surface area contributed by atoms with Gasteiger partial charge < -0.3 is 16.2 Å². The molecule has 9 heteroatoms. The summed E-state index contributed by atoms with van der Waals surface area (Å²) in [5.41, 5.74) is 12.5. The van der Waals surface area contributed by atoms with Crippen LogP contribution >= 0.6 is 11.3 Å². The zero-order valence-electron chi connectivity index (χ0n) is 12.7. The predicted molar refractivity (Wildman–Crippen MR) is 93.5 cm³/mol. The van der Waals surface area contributed by atoms with E-state index < -0.39 is 16.7 Å². The average molecular weight is 362 g/mol. The van der Waals surface area contributed by atoms with Crippen LogP contribution in [0.15, 0.2) is 35.5 Å². The molecule has 0 radical (unpaired) electrons. The van der Waals surface area contributed by atoms with Crippen molar-refractivity contribution in [2.75, 3.05) is 12.0 Å².